The van der Waals surface area contributed by atoms with Crippen molar-refractivity contribution in [2.75, 3.05) is 30.8 Å². The van der Waals surface area contributed by atoms with Crippen LogP contribution in [0.15, 0.2) is 77.7 Å². The Morgan fingerprint density at radius 1 is 0.750 bits per heavy atom. The highest BCUT2D eigenvalue weighted by molar-refractivity contribution is 7.89. The zero-order valence-corrected chi connectivity index (χ0v) is 20.9. The number of amides is 2. The van der Waals surface area contributed by atoms with Crippen molar-refractivity contribution in [2.24, 2.45) is 0 Å². The van der Waals surface area contributed by atoms with Crippen LogP contribution in [0.1, 0.15) is 46.4 Å². The van der Waals surface area contributed by atoms with Gasteiger partial charge in [0.25, 0.3) is 11.8 Å². The summed E-state index contributed by atoms with van der Waals surface area (Å²) < 4.78 is 33.5. The van der Waals surface area contributed by atoms with E-state index in [4.69, 9.17) is 4.74 Å². The molecule has 1 aliphatic rings. The molecule has 1 heterocycles. The number of benzene rings is 3. The van der Waals surface area contributed by atoms with Crippen LogP contribution >= 0.6 is 0 Å². The monoisotopic (exact) mass is 507 g/mol. The molecule has 1 saturated heterocycles. The summed E-state index contributed by atoms with van der Waals surface area (Å²) in [5.74, 6) is -0.482. The Morgan fingerprint density at radius 2 is 1.31 bits per heavy atom. The van der Waals surface area contributed by atoms with Gasteiger partial charge < -0.3 is 15.4 Å². The van der Waals surface area contributed by atoms with E-state index in [1.807, 2.05) is 6.07 Å². The molecule has 0 unspecified atom stereocenters. The Kier molecular flexibility index (Phi) is 8.02. The number of ether oxygens (including phenoxy) is 1. The number of carbonyl (C=O) groups excluding carboxylic acids is 2. The molecule has 1 aliphatic heterocycles. The molecule has 0 radical (unpaired) electrons. The lowest BCUT2D eigenvalue weighted by atomic mass is 10.2. The van der Waals surface area contributed by atoms with Crippen molar-refractivity contribution in [2.45, 2.75) is 30.6 Å². The Hall–Kier alpha value is -3.69. The molecule has 4 rings (SSSR count). The second-order valence-electron chi connectivity index (χ2n) is 8.54. The second-order valence-corrected chi connectivity index (χ2v) is 10.4. The van der Waals surface area contributed by atoms with Gasteiger partial charge in [0.15, 0.2) is 0 Å². The molecule has 3 aromatic rings. The number of methoxy groups -OCH3 is 1. The molecule has 188 valence electrons. The molecule has 0 saturated carbocycles. The van der Waals surface area contributed by atoms with E-state index < -0.39 is 15.9 Å². The fourth-order valence-electron chi connectivity index (χ4n) is 4.07. The smallest absolute Gasteiger partial charge is 0.255 e. The van der Waals surface area contributed by atoms with E-state index in [1.165, 1.54) is 29.6 Å². The predicted octanol–water partition coefficient (Wildman–Crippen LogP) is 4.76. The van der Waals surface area contributed by atoms with Gasteiger partial charge in [-0.3, -0.25) is 9.59 Å². The highest BCUT2D eigenvalue weighted by atomic mass is 32.2. The second kappa shape index (κ2) is 11.4. The SMILES string of the molecule is COc1ccc(C(=O)Nc2ccc(NC(=O)c3ccccc3)cc2)cc1S(=O)(=O)N1CCCCCC1. The van der Waals surface area contributed by atoms with Crippen LogP contribution in [-0.2, 0) is 10.0 Å². The summed E-state index contributed by atoms with van der Waals surface area (Å²) in [5.41, 5.74) is 1.83. The number of hydrogen-bond acceptors (Lipinski definition) is 5. The molecule has 36 heavy (non-hydrogen) atoms. The summed E-state index contributed by atoms with van der Waals surface area (Å²) >= 11 is 0. The first-order valence-corrected chi connectivity index (χ1v) is 13.3. The van der Waals surface area contributed by atoms with Crippen LogP contribution in [0.4, 0.5) is 11.4 Å². The van der Waals surface area contributed by atoms with Crippen LogP contribution in [0, 0.1) is 0 Å². The molecular formula is C27H29N3O5S. The van der Waals surface area contributed by atoms with E-state index >= 15 is 0 Å². The summed E-state index contributed by atoms with van der Waals surface area (Å²) in [6, 6.07) is 19.9. The number of carbonyl (C=O) groups is 2. The molecule has 0 aromatic heterocycles. The van der Waals surface area contributed by atoms with Gasteiger partial charge in [-0.05, 0) is 67.4 Å². The lowest BCUT2D eigenvalue weighted by molar-refractivity contribution is 0.101. The molecule has 0 bridgehead atoms. The van der Waals surface area contributed by atoms with Gasteiger partial charge in [0.05, 0.1) is 7.11 Å². The average molecular weight is 508 g/mol. The normalized spacial score (nSPS) is 14.5. The van der Waals surface area contributed by atoms with Gasteiger partial charge in [0, 0.05) is 35.6 Å². The Bertz CT molecular complexity index is 1320. The van der Waals surface area contributed by atoms with Crippen LogP contribution in [-0.4, -0.2) is 44.7 Å². The Balaban J connectivity index is 1.48. The lowest BCUT2D eigenvalue weighted by Crippen LogP contribution is -2.32. The quantitative estimate of drug-likeness (QED) is 0.480. The van der Waals surface area contributed by atoms with Crippen molar-refractivity contribution in [1.82, 2.24) is 4.31 Å². The topological polar surface area (TPSA) is 105 Å². The molecule has 0 atom stereocenters. The third-order valence-electron chi connectivity index (χ3n) is 6.05. The Labute approximate surface area is 211 Å². The molecule has 2 N–H and O–H groups in total. The average Bonchev–Trinajstić information content (AvgIpc) is 3.20. The minimum absolute atomic E-state index is 0.0153. The van der Waals surface area contributed by atoms with Gasteiger partial charge in [-0.15, -0.1) is 0 Å². The zero-order chi connectivity index (χ0) is 25.5. The Morgan fingerprint density at radius 3 is 1.86 bits per heavy atom. The summed E-state index contributed by atoms with van der Waals surface area (Å²) in [7, 11) is -2.40. The highest BCUT2D eigenvalue weighted by Crippen LogP contribution is 2.30. The first-order valence-electron chi connectivity index (χ1n) is 11.8. The molecule has 0 spiro atoms. The van der Waals surface area contributed by atoms with Crippen molar-refractivity contribution < 1.29 is 22.7 Å². The van der Waals surface area contributed by atoms with Crippen molar-refractivity contribution in [3.63, 3.8) is 0 Å². The highest BCUT2D eigenvalue weighted by Gasteiger charge is 2.29. The largest absolute Gasteiger partial charge is 0.495 e. The number of hydrogen-bond donors (Lipinski definition) is 2. The van der Waals surface area contributed by atoms with Crippen LogP contribution in [0.5, 0.6) is 5.75 Å². The summed E-state index contributed by atoms with van der Waals surface area (Å²) in [6.45, 7) is 0.907. The van der Waals surface area contributed by atoms with Gasteiger partial charge in [-0.2, -0.15) is 4.31 Å². The summed E-state index contributed by atoms with van der Waals surface area (Å²) in [5, 5.41) is 5.58. The van der Waals surface area contributed by atoms with Crippen molar-refractivity contribution in [3.05, 3.63) is 83.9 Å². The van der Waals surface area contributed by atoms with Crippen LogP contribution in [0.3, 0.4) is 0 Å². The van der Waals surface area contributed by atoms with Crippen LogP contribution in [0.2, 0.25) is 0 Å². The maximum atomic E-state index is 13.4. The van der Waals surface area contributed by atoms with Crippen molar-refractivity contribution in [3.8, 4) is 5.75 Å². The standard InChI is InChI=1S/C27H29N3O5S/c1-35-24-16-11-21(19-25(24)36(33,34)30-17-7-2-3-8-18-30)27(32)29-23-14-12-22(13-15-23)28-26(31)20-9-5-4-6-10-20/h4-6,9-16,19H,2-3,7-8,17-18H2,1H3,(H,28,31)(H,29,32). The van der Waals surface area contributed by atoms with E-state index in [-0.39, 0.29) is 22.1 Å². The van der Waals surface area contributed by atoms with Gasteiger partial charge in [-0.1, -0.05) is 31.0 Å². The van der Waals surface area contributed by atoms with E-state index in [9.17, 15) is 18.0 Å². The molecule has 0 aliphatic carbocycles. The fraction of sp³-hybridized carbons (Fsp3) is 0.259. The van der Waals surface area contributed by atoms with E-state index in [2.05, 4.69) is 10.6 Å². The molecular weight excluding hydrogens is 478 g/mol. The predicted molar refractivity (Wildman–Crippen MR) is 139 cm³/mol. The molecule has 3 aromatic carbocycles. The van der Waals surface area contributed by atoms with Gasteiger partial charge in [0.1, 0.15) is 10.6 Å². The first kappa shape index (κ1) is 25.4. The number of rotatable bonds is 7. The molecule has 8 nitrogen and oxygen atoms in total. The number of anilines is 2. The minimum Gasteiger partial charge on any atom is -0.495 e. The van der Waals surface area contributed by atoms with Gasteiger partial charge >= 0.3 is 0 Å². The maximum Gasteiger partial charge on any atom is 0.255 e. The van der Waals surface area contributed by atoms with E-state index in [0.29, 0.717) is 30.0 Å². The van der Waals surface area contributed by atoms with Crippen molar-refractivity contribution in [1.29, 1.82) is 0 Å². The van der Waals surface area contributed by atoms with Crippen LogP contribution < -0.4 is 15.4 Å². The zero-order valence-electron chi connectivity index (χ0n) is 20.1. The minimum atomic E-state index is -3.81. The van der Waals surface area contributed by atoms with E-state index in [0.717, 1.165) is 25.7 Å². The number of nitrogens with one attached hydrogen (secondary N) is 2. The molecule has 9 heteroatoms. The number of nitrogens with zero attached hydrogens (tertiary/aromatic N) is 1. The van der Waals surface area contributed by atoms with E-state index in [1.54, 1.807) is 48.5 Å². The van der Waals surface area contributed by atoms with Crippen LogP contribution in [0.25, 0.3) is 0 Å². The summed E-state index contributed by atoms with van der Waals surface area (Å²) in [6.07, 6.45) is 3.62. The molecule has 2 amide bonds. The third-order valence-corrected chi connectivity index (χ3v) is 7.97. The third kappa shape index (κ3) is 5.92. The molecule has 1 fully saturated rings. The summed E-state index contributed by atoms with van der Waals surface area (Å²) in [4.78, 5) is 25.2. The number of sulfonamides is 1. The van der Waals surface area contributed by atoms with Crippen molar-refractivity contribution >= 4 is 33.2 Å². The first-order chi connectivity index (χ1) is 17.4. The fourth-order valence-corrected chi connectivity index (χ4v) is 5.77. The van der Waals surface area contributed by atoms with Gasteiger partial charge in [0.2, 0.25) is 10.0 Å². The lowest BCUT2D eigenvalue weighted by Gasteiger charge is -2.21. The van der Waals surface area contributed by atoms with Gasteiger partial charge in [-0.25, -0.2) is 8.42 Å². The maximum absolute atomic E-state index is 13.4.